The molecule has 0 unspecified atom stereocenters. The number of alkyl halides is 6. The Bertz CT molecular complexity index is 777. The Labute approximate surface area is 137 Å². The number of carbonyl (C=O) groups excluding carboxylic acids is 1. The minimum atomic E-state index is -5.06. The van der Waals surface area contributed by atoms with Gasteiger partial charge in [-0.15, -0.1) is 0 Å². The predicted octanol–water partition coefficient (Wildman–Crippen LogP) is 5.42. The van der Waals surface area contributed by atoms with Crippen LogP contribution in [0.5, 0.6) is 0 Å². The van der Waals surface area contributed by atoms with Gasteiger partial charge in [0.05, 0.1) is 11.1 Å². The molecular weight excluding hydrogens is 355 g/mol. The average molecular weight is 365 g/mol. The van der Waals surface area contributed by atoms with Crippen molar-refractivity contribution in [3.8, 4) is 0 Å². The predicted molar refractivity (Wildman–Crippen MR) is 75.5 cm³/mol. The van der Waals surface area contributed by atoms with Crippen LogP contribution in [0.25, 0.3) is 0 Å². The number of nitrogens with one attached hydrogen (secondary N) is 1. The van der Waals surface area contributed by atoms with E-state index < -0.39 is 40.8 Å². The van der Waals surface area contributed by atoms with Crippen LogP contribution in [0, 0.1) is 12.7 Å². The first-order chi connectivity index (χ1) is 11.4. The van der Waals surface area contributed by atoms with E-state index in [4.69, 9.17) is 0 Å². The average Bonchev–Trinajstić information content (AvgIpc) is 2.48. The van der Waals surface area contributed by atoms with E-state index in [9.17, 15) is 35.5 Å². The minimum Gasteiger partial charge on any atom is -0.322 e. The number of hydrogen-bond acceptors (Lipinski definition) is 1. The molecule has 0 fully saturated rings. The summed E-state index contributed by atoms with van der Waals surface area (Å²) in [5.74, 6) is -1.90. The SMILES string of the molecule is Cc1ccc(NC(=O)c2cc(C(F)(F)F)cc(C(F)(F)F)c2)cc1F. The maximum Gasteiger partial charge on any atom is 0.416 e. The summed E-state index contributed by atoms with van der Waals surface area (Å²) in [7, 11) is 0. The van der Waals surface area contributed by atoms with Gasteiger partial charge in [0.1, 0.15) is 5.82 Å². The molecule has 0 aliphatic carbocycles. The zero-order valence-corrected chi connectivity index (χ0v) is 12.5. The fourth-order valence-electron chi connectivity index (χ4n) is 1.96. The fourth-order valence-corrected chi connectivity index (χ4v) is 1.96. The summed E-state index contributed by atoms with van der Waals surface area (Å²) < 4.78 is 90.1. The van der Waals surface area contributed by atoms with Crippen LogP contribution in [0.4, 0.5) is 36.4 Å². The first-order valence-electron chi connectivity index (χ1n) is 6.75. The molecule has 0 heterocycles. The smallest absolute Gasteiger partial charge is 0.322 e. The fraction of sp³-hybridized carbons (Fsp3) is 0.188. The van der Waals surface area contributed by atoms with E-state index in [0.29, 0.717) is 12.1 Å². The summed E-state index contributed by atoms with van der Waals surface area (Å²) >= 11 is 0. The van der Waals surface area contributed by atoms with E-state index in [1.807, 2.05) is 0 Å². The summed E-state index contributed by atoms with van der Waals surface area (Å²) in [6.45, 7) is 1.45. The van der Waals surface area contributed by atoms with Gasteiger partial charge in [-0.1, -0.05) is 6.07 Å². The van der Waals surface area contributed by atoms with Crippen molar-refractivity contribution < 1.29 is 35.5 Å². The maximum absolute atomic E-state index is 13.4. The van der Waals surface area contributed by atoms with Crippen molar-refractivity contribution in [1.29, 1.82) is 0 Å². The van der Waals surface area contributed by atoms with Crippen molar-refractivity contribution in [2.75, 3.05) is 5.32 Å². The van der Waals surface area contributed by atoms with E-state index in [-0.39, 0.29) is 17.3 Å². The highest BCUT2D eigenvalue weighted by Crippen LogP contribution is 2.36. The van der Waals surface area contributed by atoms with Gasteiger partial charge in [-0.3, -0.25) is 4.79 Å². The molecule has 134 valence electrons. The molecule has 0 atom stereocenters. The molecule has 9 heteroatoms. The van der Waals surface area contributed by atoms with Crippen LogP contribution in [0.2, 0.25) is 0 Å². The van der Waals surface area contributed by atoms with Crippen LogP contribution in [0.3, 0.4) is 0 Å². The Kier molecular flexibility index (Phi) is 4.79. The lowest BCUT2D eigenvalue weighted by molar-refractivity contribution is -0.143. The quantitative estimate of drug-likeness (QED) is 0.707. The highest BCUT2D eigenvalue weighted by atomic mass is 19.4. The Hall–Kier alpha value is -2.58. The lowest BCUT2D eigenvalue weighted by atomic mass is 10.0. The second-order valence-electron chi connectivity index (χ2n) is 5.21. The summed E-state index contributed by atoms with van der Waals surface area (Å²) in [5, 5.41) is 2.07. The summed E-state index contributed by atoms with van der Waals surface area (Å²) in [6, 6.07) is 4.00. The van der Waals surface area contributed by atoms with E-state index in [0.717, 1.165) is 6.07 Å². The number of amides is 1. The topological polar surface area (TPSA) is 29.1 Å². The van der Waals surface area contributed by atoms with Gasteiger partial charge < -0.3 is 5.32 Å². The first kappa shape index (κ1) is 18.8. The molecule has 0 saturated heterocycles. The monoisotopic (exact) mass is 365 g/mol. The van der Waals surface area contributed by atoms with Crippen LogP contribution in [-0.2, 0) is 12.4 Å². The number of benzene rings is 2. The van der Waals surface area contributed by atoms with Crippen molar-refractivity contribution in [3.63, 3.8) is 0 Å². The van der Waals surface area contributed by atoms with Crippen molar-refractivity contribution in [3.05, 3.63) is 64.5 Å². The molecule has 0 bridgehead atoms. The Morgan fingerprint density at radius 1 is 0.880 bits per heavy atom. The number of halogens is 7. The molecule has 1 amide bonds. The van der Waals surface area contributed by atoms with Gasteiger partial charge in [0.2, 0.25) is 0 Å². The maximum atomic E-state index is 13.4. The third-order valence-corrected chi connectivity index (χ3v) is 3.28. The van der Waals surface area contributed by atoms with Crippen LogP contribution < -0.4 is 5.32 Å². The van der Waals surface area contributed by atoms with Crippen molar-refractivity contribution >= 4 is 11.6 Å². The van der Waals surface area contributed by atoms with E-state index in [1.165, 1.54) is 19.1 Å². The number of anilines is 1. The second-order valence-corrected chi connectivity index (χ2v) is 5.21. The molecule has 2 aromatic carbocycles. The number of rotatable bonds is 2. The molecule has 0 saturated carbocycles. The largest absolute Gasteiger partial charge is 0.416 e. The molecular formula is C16H10F7NO. The molecule has 0 aliphatic heterocycles. The van der Waals surface area contributed by atoms with E-state index in [2.05, 4.69) is 5.32 Å². The zero-order valence-electron chi connectivity index (χ0n) is 12.5. The zero-order chi connectivity index (χ0) is 19.0. The molecule has 1 N–H and O–H groups in total. The Morgan fingerprint density at radius 3 is 1.84 bits per heavy atom. The van der Waals surface area contributed by atoms with Gasteiger partial charge in [0, 0.05) is 11.3 Å². The van der Waals surface area contributed by atoms with Gasteiger partial charge >= 0.3 is 12.4 Å². The first-order valence-corrected chi connectivity index (χ1v) is 6.75. The molecule has 0 spiro atoms. The van der Waals surface area contributed by atoms with Gasteiger partial charge in [-0.05, 0) is 42.8 Å². The standard InChI is InChI=1S/C16H10F7NO/c1-8-2-3-12(7-13(8)17)24-14(25)9-4-10(15(18,19)20)6-11(5-9)16(21,22)23/h2-7H,1H3,(H,24,25). The lowest BCUT2D eigenvalue weighted by Gasteiger charge is -2.14. The third kappa shape index (κ3) is 4.49. The van der Waals surface area contributed by atoms with Crippen molar-refractivity contribution in [1.82, 2.24) is 0 Å². The summed E-state index contributed by atoms with van der Waals surface area (Å²) in [4.78, 5) is 12.0. The highest BCUT2D eigenvalue weighted by molar-refractivity contribution is 6.04. The van der Waals surface area contributed by atoms with Crippen molar-refractivity contribution in [2.45, 2.75) is 19.3 Å². The molecule has 25 heavy (non-hydrogen) atoms. The molecule has 0 aliphatic rings. The number of aryl methyl sites for hydroxylation is 1. The number of carbonyl (C=O) groups is 1. The Balaban J connectivity index is 2.42. The van der Waals surface area contributed by atoms with Crippen LogP contribution in [-0.4, -0.2) is 5.91 Å². The van der Waals surface area contributed by atoms with Crippen LogP contribution in [0.1, 0.15) is 27.0 Å². The van der Waals surface area contributed by atoms with Gasteiger partial charge in [0.25, 0.3) is 5.91 Å². The van der Waals surface area contributed by atoms with Gasteiger partial charge in [-0.2, -0.15) is 26.3 Å². The molecule has 2 aromatic rings. The van der Waals surface area contributed by atoms with Gasteiger partial charge in [-0.25, -0.2) is 4.39 Å². The molecule has 2 nitrogen and oxygen atoms in total. The second kappa shape index (κ2) is 6.38. The highest BCUT2D eigenvalue weighted by Gasteiger charge is 2.37. The minimum absolute atomic E-state index is 0.0810. The van der Waals surface area contributed by atoms with Crippen LogP contribution in [0.15, 0.2) is 36.4 Å². The molecule has 0 aromatic heterocycles. The summed E-state index contributed by atoms with van der Waals surface area (Å²) in [6.07, 6.45) is -10.1. The third-order valence-electron chi connectivity index (χ3n) is 3.28. The Morgan fingerprint density at radius 2 is 1.40 bits per heavy atom. The van der Waals surface area contributed by atoms with E-state index in [1.54, 1.807) is 0 Å². The van der Waals surface area contributed by atoms with Gasteiger partial charge in [0.15, 0.2) is 0 Å². The molecule has 0 radical (unpaired) electrons. The number of hydrogen-bond donors (Lipinski definition) is 1. The molecule has 2 rings (SSSR count). The lowest BCUT2D eigenvalue weighted by Crippen LogP contribution is -2.17. The van der Waals surface area contributed by atoms with E-state index >= 15 is 0 Å². The van der Waals surface area contributed by atoms with Crippen LogP contribution >= 0.6 is 0 Å². The normalized spacial score (nSPS) is 12.2. The van der Waals surface area contributed by atoms with Crippen molar-refractivity contribution in [2.24, 2.45) is 0 Å². The summed E-state index contributed by atoms with van der Waals surface area (Å²) in [5.41, 5.74) is -3.90.